The number of aryl methyl sites for hydroxylation is 1. The van der Waals surface area contributed by atoms with Crippen molar-refractivity contribution in [2.75, 3.05) is 12.3 Å². The summed E-state index contributed by atoms with van der Waals surface area (Å²) in [7, 11) is -3.89. The summed E-state index contributed by atoms with van der Waals surface area (Å²) < 4.78 is 28.0. The number of hydrogen-bond donors (Lipinski definition) is 3. The van der Waals surface area contributed by atoms with Crippen LogP contribution >= 0.6 is 0 Å². The lowest BCUT2D eigenvalue weighted by Gasteiger charge is -2.36. The van der Waals surface area contributed by atoms with Gasteiger partial charge in [0.25, 0.3) is 5.91 Å². The van der Waals surface area contributed by atoms with Crippen LogP contribution in [0, 0.1) is 5.92 Å². The van der Waals surface area contributed by atoms with Gasteiger partial charge in [-0.05, 0) is 55.2 Å². The summed E-state index contributed by atoms with van der Waals surface area (Å²) in [4.78, 5) is 41.2. The number of amides is 2. The van der Waals surface area contributed by atoms with Crippen molar-refractivity contribution >= 4 is 44.7 Å². The highest BCUT2D eigenvalue weighted by Crippen LogP contribution is 2.17. The summed E-state index contributed by atoms with van der Waals surface area (Å²) in [6.07, 6.45) is 6.53. The number of aliphatic carboxylic acids is 1. The number of fused-ring (bicyclic) bond motifs is 1. The number of carboxylic acid groups (broad SMARTS) is 1. The number of carbonyl (C=O) groups excluding carboxylic acids is 3. The van der Waals surface area contributed by atoms with Crippen LogP contribution in [-0.4, -0.2) is 66.6 Å². The van der Waals surface area contributed by atoms with Crippen LogP contribution in [-0.2, 0) is 30.8 Å². The summed E-state index contributed by atoms with van der Waals surface area (Å²) >= 11 is 0. The van der Waals surface area contributed by atoms with Gasteiger partial charge in [0.15, 0.2) is 0 Å². The van der Waals surface area contributed by atoms with Crippen molar-refractivity contribution in [3.8, 4) is 0 Å². The zero-order valence-corrected chi connectivity index (χ0v) is 23.5. The van der Waals surface area contributed by atoms with E-state index >= 15 is 0 Å². The number of carbonyl (C=O) groups is 3. The van der Waals surface area contributed by atoms with Crippen LogP contribution in [0.2, 0.25) is 0 Å². The second-order valence-electron chi connectivity index (χ2n) is 10.0. The Hall–Kier alpha value is -3.35. The first kappa shape index (κ1) is 30.2. The van der Waals surface area contributed by atoms with Crippen molar-refractivity contribution in [1.82, 2.24) is 25.5 Å². The molecule has 0 bridgehead atoms. The Bertz CT molecular complexity index is 1340. The van der Waals surface area contributed by atoms with Crippen LogP contribution in [0.5, 0.6) is 0 Å². The molecule has 3 atom stereocenters. The smallest absolute Gasteiger partial charge is 0.258 e. The molecular weight excluding hydrogens is 522 g/mol. The molecule has 212 valence electrons. The molecule has 39 heavy (non-hydrogen) atoms. The SMILES string of the molecule is CCc1ccc2cnc(/C=C/CS(=O)(=O)N[C@H](C(=O)N[C@@H](C)C(=O)N3CCC[C@@H](C(=O)[O-])N3)C(C)C)cc2c1. The number of hydrogen-bond acceptors (Lipinski definition) is 8. The molecule has 2 heterocycles. The summed E-state index contributed by atoms with van der Waals surface area (Å²) in [5.41, 5.74) is 4.40. The van der Waals surface area contributed by atoms with Gasteiger partial charge in [-0.1, -0.05) is 45.0 Å². The highest BCUT2D eigenvalue weighted by Gasteiger charge is 2.32. The van der Waals surface area contributed by atoms with Gasteiger partial charge in [0.2, 0.25) is 15.9 Å². The molecule has 11 nitrogen and oxygen atoms in total. The van der Waals surface area contributed by atoms with E-state index in [1.54, 1.807) is 26.1 Å². The van der Waals surface area contributed by atoms with Gasteiger partial charge in [0, 0.05) is 18.1 Å². The fourth-order valence-electron chi connectivity index (χ4n) is 4.26. The van der Waals surface area contributed by atoms with Crippen molar-refractivity contribution < 1.29 is 27.9 Å². The largest absolute Gasteiger partial charge is 0.548 e. The Morgan fingerprint density at radius 3 is 2.62 bits per heavy atom. The average molecular weight is 559 g/mol. The van der Waals surface area contributed by atoms with Gasteiger partial charge in [0.1, 0.15) is 12.1 Å². The van der Waals surface area contributed by atoms with Gasteiger partial charge < -0.3 is 15.2 Å². The number of nitrogens with zero attached hydrogens (tertiary/aromatic N) is 2. The number of hydrazine groups is 1. The molecular formula is C27H36N5O6S-. The van der Waals surface area contributed by atoms with Crippen molar-refractivity contribution in [2.45, 2.75) is 65.1 Å². The van der Waals surface area contributed by atoms with Crippen molar-refractivity contribution in [3.05, 3.63) is 47.8 Å². The molecule has 3 rings (SSSR count). The lowest BCUT2D eigenvalue weighted by Crippen LogP contribution is -2.62. The number of pyridine rings is 1. The quantitative estimate of drug-likeness (QED) is 0.359. The minimum absolute atomic E-state index is 0.279. The molecule has 12 heteroatoms. The fourth-order valence-corrected chi connectivity index (χ4v) is 5.47. The van der Waals surface area contributed by atoms with Crippen molar-refractivity contribution in [1.29, 1.82) is 0 Å². The first-order valence-corrected chi connectivity index (χ1v) is 14.7. The molecule has 1 aromatic heterocycles. The third-order valence-electron chi connectivity index (χ3n) is 6.54. The third-order valence-corrected chi connectivity index (χ3v) is 7.79. The molecule has 3 N–H and O–H groups in total. The fraction of sp³-hybridized carbons (Fsp3) is 0.481. The monoisotopic (exact) mass is 558 g/mol. The lowest BCUT2D eigenvalue weighted by molar-refractivity contribution is -0.310. The molecule has 2 aromatic rings. The number of benzene rings is 1. The van der Waals surface area contributed by atoms with Gasteiger partial charge in [0.05, 0.1) is 23.5 Å². The van der Waals surface area contributed by atoms with Crippen molar-refractivity contribution in [3.63, 3.8) is 0 Å². The molecule has 1 aromatic carbocycles. The number of aromatic nitrogens is 1. The van der Waals surface area contributed by atoms with Gasteiger partial charge in [-0.3, -0.25) is 19.6 Å². The van der Waals surface area contributed by atoms with Gasteiger partial charge in [-0.15, -0.1) is 0 Å². The maximum absolute atomic E-state index is 12.9. The number of carboxylic acids is 1. The molecule has 2 amide bonds. The van der Waals surface area contributed by atoms with Gasteiger partial charge in [-0.2, -0.15) is 0 Å². The molecule has 0 saturated carbocycles. The van der Waals surface area contributed by atoms with E-state index in [2.05, 4.69) is 33.4 Å². The summed E-state index contributed by atoms with van der Waals surface area (Å²) in [5, 5.41) is 16.8. The van der Waals surface area contributed by atoms with Crippen LogP contribution in [0.3, 0.4) is 0 Å². The van der Waals surface area contributed by atoms with E-state index < -0.39 is 51.9 Å². The molecule has 0 radical (unpaired) electrons. The standard InChI is InChI=1S/C27H37N5O6S/c1-5-19-10-11-20-16-28-22(15-21(20)14-19)8-7-13-39(37,38)31-24(17(2)3)25(33)29-18(4)26(34)32-12-6-9-23(30-32)27(35)36/h7-8,10-11,14-18,23-24,30-31H,5-6,9,12-13H2,1-4H3,(H,29,33)(H,35,36)/p-1/b8-7+/t18-,23-,24-/m0/s1. The first-order valence-electron chi connectivity index (χ1n) is 13.0. The molecule has 0 spiro atoms. The molecule has 1 aliphatic heterocycles. The highest BCUT2D eigenvalue weighted by molar-refractivity contribution is 7.89. The second-order valence-corrected chi connectivity index (χ2v) is 11.8. The summed E-state index contributed by atoms with van der Waals surface area (Å²) in [5.74, 6) is -3.27. The Morgan fingerprint density at radius 1 is 1.21 bits per heavy atom. The number of nitrogens with one attached hydrogen (secondary N) is 3. The Morgan fingerprint density at radius 2 is 1.95 bits per heavy atom. The maximum atomic E-state index is 12.9. The van der Waals surface area contributed by atoms with Crippen LogP contribution < -0.4 is 20.6 Å². The molecule has 1 fully saturated rings. The average Bonchev–Trinajstić information content (AvgIpc) is 2.90. The zero-order chi connectivity index (χ0) is 28.7. The van der Waals surface area contributed by atoms with Gasteiger partial charge in [-0.25, -0.2) is 18.6 Å². The molecule has 0 aliphatic carbocycles. The van der Waals surface area contributed by atoms with E-state index in [1.807, 2.05) is 18.2 Å². The van der Waals surface area contributed by atoms with E-state index in [0.717, 1.165) is 22.2 Å². The summed E-state index contributed by atoms with van der Waals surface area (Å²) in [6, 6.07) is 4.90. The third kappa shape index (κ3) is 8.32. The van der Waals surface area contributed by atoms with E-state index in [9.17, 15) is 27.9 Å². The first-order chi connectivity index (χ1) is 18.4. The topological polar surface area (TPSA) is 161 Å². The minimum Gasteiger partial charge on any atom is -0.548 e. The van der Waals surface area contributed by atoms with E-state index in [-0.39, 0.29) is 12.3 Å². The second kappa shape index (κ2) is 13.1. The van der Waals surface area contributed by atoms with E-state index in [1.165, 1.54) is 18.6 Å². The van der Waals surface area contributed by atoms with E-state index in [0.29, 0.717) is 18.5 Å². The van der Waals surface area contributed by atoms with Crippen LogP contribution in [0.1, 0.15) is 51.8 Å². The van der Waals surface area contributed by atoms with Crippen LogP contribution in [0.4, 0.5) is 0 Å². The number of sulfonamides is 1. The van der Waals surface area contributed by atoms with Crippen LogP contribution in [0.15, 0.2) is 36.5 Å². The lowest BCUT2D eigenvalue weighted by atomic mass is 10.0. The Balaban J connectivity index is 1.61. The Kier molecular flexibility index (Phi) is 10.2. The van der Waals surface area contributed by atoms with E-state index in [4.69, 9.17) is 0 Å². The normalized spacial score (nSPS) is 17.9. The Labute approximate surface area is 229 Å². The molecule has 1 aliphatic rings. The predicted octanol–water partition coefficient (Wildman–Crippen LogP) is 0.505. The minimum atomic E-state index is -3.89. The summed E-state index contributed by atoms with van der Waals surface area (Å²) in [6.45, 7) is 7.19. The molecule has 0 unspecified atom stereocenters. The highest BCUT2D eigenvalue weighted by atomic mass is 32.2. The van der Waals surface area contributed by atoms with Crippen molar-refractivity contribution in [2.24, 2.45) is 5.92 Å². The number of rotatable bonds is 11. The van der Waals surface area contributed by atoms with Gasteiger partial charge >= 0.3 is 0 Å². The predicted molar refractivity (Wildman–Crippen MR) is 146 cm³/mol. The molecule has 1 saturated heterocycles. The maximum Gasteiger partial charge on any atom is 0.258 e. The zero-order valence-electron chi connectivity index (χ0n) is 22.6. The van der Waals surface area contributed by atoms with Crippen LogP contribution in [0.25, 0.3) is 16.8 Å².